The van der Waals surface area contributed by atoms with Crippen LogP contribution in [0.15, 0.2) is 23.8 Å². The zero-order chi connectivity index (χ0) is 13.3. The molecule has 1 amide bonds. The lowest BCUT2D eigenvalue weighted by Gasteiger charge is -2.38. The van der Waals surface area contributed by atoms with E-state index in [0.29, 0.717) is 19.4 Å². The number of rotatable bonds is 0. The van der Waals surface area contributed by atoms with E-state index in [4.69, 9.17) is 4.74 Å². The molecule has 0 N–H and O–H groups in total. The highest BCUT2D eigenvalue weighted by Crippen LogP contribution is 2.27. The molecular weight excluding hydrogens is 230 g/mol. The van der Waals surface area contributed by atoms with Gasteiger partial charge in [0.2, 0.25) is 0 Å². The second kappa shape index (κ2) is 4.59. The van der Waals surface area contributed by atoms with Crippen molar-refractivity contribution in [2.75, 3.05) is 6.54 Å². The summed E-state index contributed by atoms with van der Waals surface area (Å²) in [6, 6.07) is -0.147. The largest absolute Gasteiger partial charge is 0.444 e. The smallest absolute Gasteiger partial charge is 0.410 e. The summed E-state index contributed by atoms with van der Waals surface area (Å²) in [5, 5.41) is 0. The second-order valence-corrected chi connectivity index (χ2v) is 5.65. The van der Waals surface area contributed by atoms with Crippen LogP contribution in [-0.2, 0) is 9.53 Å². The van der Waals surface area contributed by atoms with E-state index in [1.165, 1.54) is 0 Å². The first kappa shape index (κ1) is 12.9. The number of Topliss-reactive ketones (excluding diaryl/α,β-unsaturated/α-hetero) is 1. The predicted octanol–water partition coefficient (Wildman–Crippen LogP) is 2.45. The Bertz CT molecular complexity index is 429. The standard InChI is InChI=1S/C14H19NO3/c1-14(2,3)18-13(17)15-9-8-12(16)10-6-4-5-7-11(10)15/h4-6,11H,7-9H2,1-3H3/t11-/m0/s1. The highest BCUT2D eigenvalue weighted by Gasteiger charge is 2.36. The summed E-state index contributed by atoms with van der Waals surface area (Å²) >= 11 is 0. The number of carbonyl (C=O) groups excluding carboxylic acids is 2. The van der Waals surface area contributed by atoms with Crippen LogP contribution in [0.2, 0.25) is 0 Å². The third-order valence-corrected chi connectivity index (χ3v) is 3.04. The van der Waals surface area contributed by atoms with Crippen LogP contribution >= 0.6 is 0 Å². The molecule has 18 heavy (non-hydrogen) atoms. The van der Waals surface area contributed by atoms with Crippen LogP contribution in [0.4, 0.5) is 4.79 Å². The van der Waals surface area contributed by atoms with Crippen LogP contribution in [0.3, 0.4) is 0 Å². The van der Waals surface area contributed by atoms with Gasteiger partial charge in [0.25, 0.3) is 0 Å². The molecule has 1 atom stereocenters. The van der Waals surface area contributed by atoms with Gasteiger partial charge >= 0.3 is 6.09 Å². The first-order valence-electron chi connectivity index (χ1n) is 6.28. The quantitative estimate of drug-likeness (QED) is 0.662. The van der Waals surface area contributed by atoms with Crippen LogP contribution in [0.1, 0.15) is 33.6 Å². The van der Waals surface area contributed by atoms with Gasteiger partial charge in [0, 0.05) is 18.5 Å². The number of hydrogen-bond acceptors (Lipinski definition) is 3. The topological polar surface area (TPSA) is 46.6 Å². The van der Waals surface area contributed by atoms with Crippen LogP contribution in [0, 0.1) is 0 Å². The van der Waals surface area contributed by atoms with Gasteiger partial charge in [-0.25, -0.2) is 4.79 Å². The van der Waals surface area contributed by atoms with Crippen molar-refractivity contribution in [3.05, 3.63) is 23.8 Å². The summed E-state index contributed by atoms with van der Waals surface area (Å²) in [6.45, 7) is 5.98. The van der Waals surface area contributed by atoms with Crippen LogP contribution in [0.5, 0.6) is 0 Å². The number of ether oxygens (including phenoxy) is 1. The van der Waals surface area contributed by atoms with E-state index in [-0.39, 0.29) is 17.9 Å². The number of piperidine rings is 1. The molecule has 98 valence electrons. The van der Waals surface area contributed by atoms with Crippen molar-refractivity contribution >= 4 is 11.9 Å². The third kappa shape index (κ3) is 2.63. The lowest BCUT2D eigenvalue weighted by Crippen LogP contribution is -2.49. The maximum Gasteiger partial charge on any atom is 0.410 e. The first-order valence-corrected chi connectivity index (χ1v) is 6.28. The Balaban J connectivity index is 2.15. The Morgan fingerprint density at radius 3 is 2.83 bits per heavy atom. The lowest BCUT2D eigenvalue weighted by molar-refractivity contribution is -0.118. The van der Waals surface area contributed by atoms with Gasteiger partial charge in [0.1, 0.15) is 5.60 Å². The molecule has 0 aromatic rings. The highest BCUT2D eigenvalue weighted by molar-refractivity contribution is 5.99. The van der Waals surface area contributed by atoms with Gasteiger partial charge < -0.3 is 9.64 Å². The zero-order valence-corrected chi connectivity index (χ0v) is 11.1. The Labute approximate surface area is 107 Å². The molecule has 0 spiro atoms. The van der Waals surface area contributed by atoms with Gasteiger partial charge in [-0.15, -0.1) is 0 Å². The molecule has 0 bridgehead atoms. The fourth-order valence-corrected chi connectivity index (χ4v) is 2.25. The number of fused-ring (bicyclic) bond motifs is 1. The van der Waals surface area contributed by atoms with E-state index in [1.54, 1.807) is 4.90 Å². The van der Waals surface area contributed by atoms with Crippen molar-refractivity contribution in [2.24, 2.45) is 0 Å². The van der Waals surface area contributed by atoms with E-state index in [2.05, 4.69) is 0 Å². The fourth-order valence-electron chi connectivity index (χ4n) is 2.25. The SMILES string of the molecule is CC(C)(C)OC(=O)N1CCC(=O)C2=CC=CC[C@@H]21. The van der Waals surface area contributed by atoms with E-state index >= 15 is 0 Å². The van der Waals surface area contributed by atoms with Crippen LogP contribution < -0.4 is 0 Å². The zero-order valence-electron chi connectivity index (χ0n) is 11.1. The van der Waals surface area contributed by atoms with Crippen molar-refractivity contribution in [2.45, 2.75) is 45.3 Å². The molecule has 1 aliphatic heterocycles. The monoisotopic (exact) mass is 249 g/mol. The molecule has 1 saturated heterocycles. The summed E-state index contributed by atoms with van der Waals surface area (Å²) in [7, 11) is 0. The minimum absolute atomic E-state index is 0.143. The minimum atomic E-state index is -0.507. The summed E-state index contributed by atoms with van der Waals surface area (Å²) in [5.74, 6) is 0.143. The molecule has 0 radical (unpaired) electrons. The van der Waals surface area contributed by atoms with Gasteiger partial charge in [-0.2, -0.15) is 0 Å². The molecule has 4 heteroatoms. The van der Waals surface area contributed by atoms with Crippen molar-refractivity contribution in [1.29, 1.82) is 0 Å². The van der Waals surface area contributed by atoms with E-state index in [1.807, 2.05) is 39.0 Å². The van der Waals surface area contributed by atoms with Gasteiger partial charge in [0.15, 0.2) is 5.78 Å². The summed E-state index contributed by atoms with van der Waals surface area (Å²) in [5.41, 5.74) is 0.224. The average Bonchev–Trinajstić information content (AvgIpc) is 2.27. The maximum absolute atomic E-state index is 12.1. The Kier molecular flexibility index (Phi) is 3.28. The molecule has 0 unspecified atom stereocenters. The normalized spacial score (nSPS) is 23.5. The minimum Gasteiger partial charge on any atom is -0.444 e. The molecule has 1 fully saturated rings. The fraction of sp³-hybridized carbons (Fsp3) is 0.571. The number of likely N-dealkylation sites (tertiary alicyclic amines) is 1. The van der Waals surface area contributed by atoms with Gasteiger partial charge in [-0.3, -0.25) is 4.79 Å². The molecule has 0 aromatic heterocycles. The van der Waals surface area contributed by atoms with Gasteiger partial charge in [-0.05, 0) is 27.2 Å². The molecular formula is C14H19NO3. The summed E-state index contributed by atoms with van der Waals surface area (Å²) in [4.78, 5) is 25.6. The van der Waals surface area contributed by atoms with Crippen molar-refractivity contribution in [3.8, 4) is 0 Å². The molecule has 1 heterocycles. The van der Waals surface area contributed by atoms with E-state index in [9.17, 15) is 9.59 Å². The number of ketones is 1. The number of nitrogens with zero attached hydrogens (tertiary/aromatic N) is 1. The molecule has 1 aliphatic carbocycles. The Morgan fingerprint density at radius 2 is 2.17 bits per heavy atom. The Morgan fingerprint density at radius 1 is 1.44 bits per heavy atom. The summed E-state index contributed by atoms with van der Waals surface area (Å²) < 4.78 is 5.39. The molecule has 2 aliphatic rings. The van der Waals surface area contributed by atoms with E-state index in [0.717, 1.165) is 5.57 Å². The lowest BCUT2D eigenvalue weighted by atomic mass is 9.89. The van der Waals surface area contributed by atoms with Crippen LogP contribution in [0.25, 0.3) is 0 Å². The van der Waals surface area contributed by atoms with Crippen molar-refractivity contribution < 1.29 is 14.3 Å². The maximum atomic E-state index is 12.1. The third-order valence-electron chi connectivity index (χ3n) is 3.04. The molecule has 0 saturated carbocycles. The number of carbonyl (C=O) groups is 2. The number of hydrogen-bond donors (Lipinski definition) is 0. The Hall–Kier alpha value is -1.58. The predicted molar refractivity (Wildman–Crippen MR) is 68.2 cm³/mol. The average molecular weight is 249 g/mol. The van der Waals surface area contributed by atoms with Crippen molar-refractivity contribution in [3.63, 3.8) is 0 Å². The number of allylic oxidation sites excluding steroid dienone is 2. The number of amides is 1. The molecule has 4 nitrogen and oxygen atoms in total. The van der Waals surface area contributed by atoms with Crippen molar-refractivity contribution in [1.82, 2.24) is 4.90 Å². The first-order chi connectivity index (χ1) is 8.38. The molecule has 0 aromatic carbocycles. The van der Waals surface area contributed by atoms with Crippen LogP contribution in [-0.4, -0.2) is 35.0 Å². The second-order valence-electron chi connectivity index (χ2n) is 5.65. The summed E-state index contributed by atoms with van der Waals surface area (Å²) in [6.07, 6.45) is 6.41. The van der Waals surface area contributed by atoms with Gasteiger partial charge in [-0.1, -0.05) is 18.2 Å². The van der Waals surface area contributed by atoms with Gasteiger partial charge in [0.05, 0.1) is 6.04 Å². The molecule has 2 rings (SSSR count). The van der Waals surface area contributed by atoms with E-state index < -0.39 is 5.60 Å². The highest BCUT2D eigenvalue weighted by atomic mass is 16.6.